The quantitative estimate of drug-likeness (QED) is 0.530. The molecule has 10 heavy (non-hydrogen) atoms. The lowest BCUT2D eigenvalue weighted by Crippen LogP contribution is -2.10. The van der Waals surface area contributed by atoms with Gasteiger partial charge in [-0.3, -0.25) is 4.99 Å². The minimum absolute atomic E-state index is 0.335. The van der Waals surface area contributed by atoms with Crippen LogP contribution < -0.4 is 0 Å². The second kappa shape index (κ2) is 2.22. The lowest BCUT2D eigenvalue weighted by atomic mass is 9.90. The molecule has 1 fully saturated rings. The number of nitrogens with zero attached hydrogens (tertiary/aromatic N) is 1. The fourth-order valence-corrected chi connectivity index (χ4v) is 1.49. The summed E-state index contributed by atoms with van der Waals surface area (Å²) in [6.07, 6.45) is 2.50. The van der Waals surface area contributed by atoms with E-state index in [1.165, 1.54) is 12.8 Å². The molecule has 0 unspecified atom stereocenters. The molecule has 0 N–H and O–H groups in total. The molecule has 1 heteroatoms. The van der Waals surface area contributed by atoms with Crippen molar-refractivity contribution >= 4 is 6.72 Å². The van der Waals surface area contributed by atoms with Gasteiger partial charge < -0.3 is 0 Å². The van der Waals surface area contributed by atoms with E-state index in [0.717, 1.165) is 5.70 Å². The molecule has 1 aliphatic carbocycles. The van der Waals surface area contributed by atoms with E-state index in [0.29, 0.717) is 11.3 Å². The Balaban J connectivity index is 2.69. The van der Waals surface area contributed by atoms with Crippen molar-refractivity contribution in [3.8, 4) is 0 Å². The van der Waals surface area contributed by atoms with E-state index in [1.807, 2.05) is 0 Å². The molecule has 0 aliphatic heterocycles. The summed E-state index contributed by atoms with van der Waals surface area (Å²) in [7, 11) is 0. The topological polar surface area (TPSA) is 12.4 Å². The molecule has 0 aromatic heterocycles. The zero-order chi connectivity index (χ0) is 7.78. The first-order valence-electron chi connectivity index (χ1n) is 3.79. The Labute approximate surface area is 62.9 Å². The van der Waals surface area contributed by atoms with Crippen molar-refractivity contribution in [2.75, 3.05) is 0 Å². The van der Waals surface area contributed by atoms with Gasteiger partial charge in [0.25, 0.3) is 0 Å². The minimum atomic E-state index is 0.335. The third-order valence-electron chi connectivity index (χ3n) is 2.66. The molecule has 0 amide bonds. The largest absolute Gasteiger partial charge is 0.269 e. The predicted octanol–water partition coefficient (Wildman–Crippen LogP) is 2.64. The standard InChI is InChI=1S/C9H15N/c1-7(2)9(5-6-9)8(3)10-4/h7H,3-6H2,1-2H3. The van der Waals surface area contributed by atoms with Gasteiger partial charge in [-0.25, -0.2) is 0 Å². The van der Waals surface area contributed by atoms with Crippen LogP contribution in [0, 0.1) is 11.3 Å². The van der Waals surface area contributed by atoms with Gasteiger partial charge in [-0.05, 0) is 25.5 Å². The van der Waals surface area contributed by atoms with E-state index in [4.69, 9.17) is 0 Å². The molecule has 0 atom stereocenters. The van der Waals surface area contributed by atoms with E-state index < -0.39 is 0 Å². The fraction of sp³-hybridized carbons (Fsp3) is 0.667. The Bertz CT molecular complexity index is 164. The summed E-state index contributed by atoms with van der Waals surface area (Å²) in [4.78, 5) is 3.90. The maximum atomic E-state index is 3.90. The second-order valence-corrected chi connectivity index (χ2v) is 3.42. The lowest BCUT2D eigenvalue weighted by Gasteiger charge is -2.18. The van der Waals surface area contributed by atoms with Crippen LogP contribution in [0.5, 0.6) is 0 Å². The van der Waals surface area contributed by atoms with Gasteiger partial charge in [-0.2, -0.15) is 0 Å². The van der Waals surface area contributed by atoms with Gasteiger partial charge in [-0.1, -0.05) is 20.4 Å². The van der Waals surface area contributed by atoms with Crippen LogP contribution in [0.25, 0.3) is 0 Å². The number of allylic oxidation sites excluding steroid dienone is 1. The monoisotopic (exact) mass is 137 g/mol. The SMILES string of the molecule is C=NC(=C)C1(C(C)C)CC1. The molecule has 0 bridgehead atoms. The molecular formula is C9H15N. The molecule has 1 saturated carbocycles. The highest BCUT2D eigenvalue weighted by Crippen LogP contribution is 2.56. The molecule has 0 aromatic carbocycles. The molecule has 0 radical (unpaired) electrons. The van der Waals surface area contributed by atoms with Crippen molar-refractivity contribution in [1.82, 2.24) is 0 Å². The van der Waals surface area contributed by atoms with Crippen LogP contribution in [0.2, 0.25) is 0 Å². The average Bonchev–Trinajstić information content (AvgIpc) is 2.65. The Hall–Kier alpha value is -0.590. The zero-order valence-electron chi connectivity index (χ0n) is 6.85. The summed E-state index contributed by atoms with van der Waals surface area (Å²) in [5.41, 5.74) is 1.32. The highest BCUT2D eigenvalue weighted by atomic mass is 14.8. The van der Waals surface area contributed by atoms with Gasteiger partial charge >= 0.3 is 0 Å². The third-order valence-corrected chi connectivity index (χ3v) is 2.66. The van der Waals surface area contributed by atoms with Gasteiger partial charge in [0, 0.05) is 11.1 Å². The van der Waals surface area contributed by atoms with Crippen LogP contribution >= 0.6 is 0 Å². The average molecular weight is 137 g/mol. The summed E-state index contributed by atoms with van der Waals surface area (Å²) in [6.45, 7) is 11.9. The fourth-order valence-electron chi connectivity index (χ4n) is 1.49. The van der Waals surface area contributed by atoms with Crippen LogP contribution in [-0.4, -0.2) is 6.72 Å². The number of hydrogen-bond donors (Lipinski definition) is 0. The molecule has 0 spiro atoms. The van der Waals surface area contributed by atoms with Crippen LogP contribution in [0.3, 0.4) is 0 Å². The van der Waals surface area contributed by atoms with Crippen LogP contribution in [0.1, 0.15) is 26.7 Å². The third kappa shape index (κ3) is 0.898. The highest BCUT2D eigenvalue weighted by molar-refractivity contribution is 5.32. The second-order valence-electron chi connectivity index (χ2n) is 3.42. The van der Waals surface area contributed by atoms with Crippen LogP contribution in [0.15, 0.2) is 17.3 Å². The Kier molecular flexibility index (Phi) is 1.67. The maximum Gasteiger partial charge on any atom is 0.0389 e. The molecular weight excluding hydrogens is 122 g/mol. The molecule has 56 valence electrons. The van der Waals surface area contributed by atoms with Crippen molar-refractivity contribution in [2.24, 2.45) is 16.3 Å². The first-order valence-corrected chi connectivity index (χ1v) is 3.79. The number of hydrogen-bond acceptors (Lipinski definition) is 1. The zero-order valence-corrected chi connectivity index (χ0v) is 6.85. The van der Waals surface area contributed by atoms with Crippen LogP contribution in [-0.2, 0) is 0 Å². The molecule has 0 saturated heterocycles. The highest BCUT2D eigenvalue weighted by Gasteiger charge is 2.47. The summed E-state index contributed by atoms with van der Waals surface area (Å²) in [5, 5.41) is 0. The van der Waals surface area contributed by atoms with Crippen molar-refractivity contribution in [2.45, 2.75) is 26.7 Å². The van der Waals surface area contributed by atoms with E-state index in [2.05, 4.69) is 32.1 Å². The Morgan fingerprint density at radius 2 is 2.00 bits per heavy atom. The maximum absolute atomic E-state index is 3.90. The van der Waals surface area contributed by atoms with Crippen molar-refractivity contribution in [3.63, 3.8) is 0 Å². The first-order chi connectivity index (χ1) is 4.63. The molecule has 0 heterocycles. The first kappa shape index (κ1) is 7.52. The van der Waals surface area contributed by atoms with Gasteiger partial charge in [0.2, 0.25) is 0 Å². The summed E-state index contributed by atoms with van der Waals surface area (Å²) >= 11 is 0. The molecule has 0 aromatic rings. The Morgan fingerprint density at radius 1 is 1.50 bits per heavy atom. The van der Waals surface area contributed by atoms with Gasteiger partial charge in [0.1, 0.15) is 0 Å². The van der Waals surface area contributed by atoms with E-state index in [1.54, 1.807) is 0 Å². The number of aliphatic imine (C=N–C) groups is 1. The van der Waals surface area contributed by atoms with Crippen molar-refractivity contribution in [1.29, 1.82) is 0 Å². The minimum Gasteiger partial charge on any atom is -0.269 e. The van der Waals surface area contributed by atoms with E-state index in [-0.39, 0.29) is 0 Å². The summed E-state index contributed by atoms with van der Waals surface area (Å²) in [6, 6.07) is 0. The van der Waals surface area contributed by atoms with Gasteiger partial charge in [-0.15, -0.1) is 0 Å². The van der Waals surface area contributed by atoms with Crippen LogP contribution in [0.4, 0.5) is 0 Å². The Morgan fingerprint density at radius 3 is 2.10 bits per heavy atom. The smallest absolute Gasteiger partial charge is 0.0389 e. The number of rotatable bonds is 3. The molecule has 1 rings (SSSR count). The molecule has 1 aliphatic rings. The molecule has 1 nitrogen and oxygen atoms in total. The van der Waals surface area contributed by atoms with E-state index in [9.17, 15) is 0 Å². The van der Waals surface area contributed by atoms with Gasteiger partial charge in [0.15, 0.2) is 0 Å². The normalized spacial score (nSPS) is 20.7. The predicted molar refractivity (Wildman–Crippen MR) is 45.2 cm³/mol. The van der Waals surface area contributed by atoms with Crippen molar-refractivity contribution < 1.29 is 0 Å². The lowest BCUT2D eigenvalue weighted by molar-refractivity contribution is 0.421. The van der Waals surface area contributed by atoms with Crippen molar-refractivity contribution in [3.05, 3.63) is 12.3 Å². The van der Waals surface area contributed by atoms with E-state index >= 15 is 0 Å². The summed E-state index contributed by atoms with van der Waals surface area (Å²) in [5.74, 6) is 0.672. The summed E-state index contributed by atoms with van der Waals surface area (Å²) < 4.78 is 0. The van der Waals surface area contributed by atoms with Gasteiger partial charge in [0.05, 0.1) is 0 Å².